The van der Waals surface area contributed by atoms with Crippen LogP contribution in [0.15, 0.2) is 24.3 Å². The number of nitrogens with zero attached hydrogens (tertiary/aromatic N) is 1. The number of nitrogens with one attached hydrogen (secondary N) is 2. The summed E-state index contributed by atoms with van der Waals surface area (Å²) in [5.74, 6) is -0.0712. The van der Waals surface area contributed by atoms with Crippen LogP contribution in [0.5, 0.6) is 0 Å². The molecule has 1 aromatic carbocycles. The van der Waals surface area contributed by atoms with Crippen LogP contribution in [0.1, 0.15) is 31.2 Å². The number of carbonyl (C=O) groups excluding carboxylic acids is 2. The summed E-state index contributed by atoms with van der Waals surface area (Å²) in [6.45, 7) is 2.63. The number of piperidine rings is 1. The van der Waals surface area contributed by atoms with Gasteiger partial charge in [-0.2, -0.15) is 0 Å². The SMILES string of the molecule is O=C1CCC[C@H](C(=O)N[C@@H]2CCN(Cc3cccc(Cl)c3)C2)N1. The van der Waals surface area contributed by atoms with Gasteiger partial charge in [-0.25, -0.2) is 0 Å². The van der Waals surface area contributed by atoms with E-state index in [9.17, 15) is 9.59 Å². The van der Waals surface area contributed by atoms with Crippen molar-refractivity contribution in [2.75, 3.05) is 13.1 Å². The van der Waals surface area contributed by atoms with Crippen molar-refractivity contribution in [3.05, 3.63) is 34.9 Å². The summed E-state index contributed by atoms with van der Waals surface area (Å²) in [5.41, 5.74) is 1.18. The van der Waals surface area contributed by atoms with Crippen molar-refractivity contribution < 1.29 is 9.59 Å². The summed E-state index contributed by atoms with van der Waals surface area (Å²) >= 11 is 6.02. The van der Waals surface area contributed by atoms with Gasteiger partial charge in [0.1, 0.15) is 6.04 Å². The van der Waals surface area contributed by atoms with Crippen LogP contribution < -0.4 is 10.6 Å². The van der Waals surface area contributed by atoms with Crippen molar-refractivity contribution >= 4 is 23.4 Å². The molecule has 2 heterocycles. The van der Waals surface area contributed by atoms with Gasteiger partial charge in [0.2, 0.25) is 11.8 Å². The summed E-state index contributed by atoms with van der Waals surface area (Å²) in [7, 11) is 0. The molecule has 6 heteroatoms. The van der Waals surface area contributed by atoms with E-state index in [0.29, 0.717) is 6.42 Å². The first kappa shape index (κ1) is 16.3. The minimum atomic E-state index is -0.363. The van der Waals surface area contributed by atoms with Gasteiger partial charge in [0.15, 0.2) is 0 Å². The van der Waals surface area contributed by atoms with Crippen molar-refractivity contribution in [3.63, 3.8) is 0 Å². The van der Waals surface area contributed by atoms with Gasteiger partial charge in [0.25, 0.3) is 0 Å². The van der Waals surface area contributed by atoms with E-state index in [1.807, 2.05) is 18.2 Å². The Balaban J connectivity index is 1.48. The third-order valence-electron chi connectivity index (χ3n) is 4.46. The normalized spacial score (nSPS) is 25.2. The maximum atomic E-state index is 12.2. The summed E-state index contributed by atoms with van der Waals surface area (Å²) in [5, 5.41) is 6.59. The molecular weight excluding hydrogens is 314 g/mol. The number of hydrogen-bond donors (Lipinski definition) is 2. The number of hydrogen-bond acceptors (Lipinski definition) is 3. The van der Waals surface area contributed by atoms with E-state index in [1.165, 1.54) is 5.56 Å². The maximum Gasteiger partial charge on any atom is 0.242 e. The molecule has 0 aliphatic carbocycles. The van der Waals surface area contributed by atoms with Crippen LogP contribution in [0.25, 0.3) is 0 Å². The first-order valence-corrected chi connectivity index (χ1v) is 8.54. The van der Waals surface area contributed by atoms with E-state index in [-0.39, 0.29) is 23.9 Å². The molecule has 124 valence electrons. The summed E-state index contributed by atoms with van der Waals surface area (Å²) in [4.78, 5) is 26.0. The lowest BCUT2D eigenvalue weighted by Gasteiger charge is -2.24. The van der Waals surface area contributed by atoms with Crippen LogP contribution in [-0.4, -0.2) is 41.9 Å². The molecule has 3 rings (SSSR count). The average molecular weight is 336 g/mol. The van der Waals surface area contributed by atoms with Gasteiger partial charge >= 0.3 is 0 Å². The van der Waals surface area contributed by atoms with E-state index < -0.39 is 0 Å². The molecule has 23 heavy (non-hydrogen) atoms. The summed E-state index contributed by atoms with van der Waals surface area (Å²) in [6, 6.07) is 7.66. The molecular formula is C17H22ClN3O2. The quantitative estimate of drug-likeness (QED) is 0.880. The Morgan fingerprint density at radius 3 is 3.04 bits per heavy atom. The van der Waals surface area contributed by atoms with Gasteiger partial charge in [-0.3, -0.25) is 14.5 Å². The van der Waals surface area contributed by atoms with Crippen LogP contribution >= 0.6 is 11.6 Å². The highest BCUT2D eigenvalue weighted by Crippen LogP contribution is 2.17. The van der Waals surface area contributed by atoms with Crippen molar-refractivity contribution in [1.82, 2.24) is 15.5 Å². The van der Waals surface area contributed by atoms with Crippen LogP contribution in [0.3, 0.4) is 0 Å². The van der Waals surface area contributed by atoms with Crippen LogP contribution in [0.2, 0.25) is 5.02 Å². The molecule has 2 amide bonds. The van der Waals surface area contributed by atoms with Gasteiger partial charge < -0.3 is 10.6 Å². The molecule has 2 atom stereocenters. The van der Waals surface area contributed by atoms with E-state index in [4.69, 9.17) is 11.6 Å². The predicted molar refractivity (Wildman–Crippen MR) is 89.1 cm³/mol. The fourth-order valence-electron chi connectivity index (χ4n) is 3.29. The predicted octanol–water partition coefficient (Wildman–Crippen LogP) is 1.70. The lowest BCUT2D eigenvalue weighted by Crippen LogP contribution is -2.51. The number of amides is 2. The summed E-state index contributed by atoms with van der Waals surface area (Å²) in [6.07, 6.45) is 2.99. The van der Waals surface area contributed by atoms with E-state index in [2.05, 4.69) is 21.6 Å². The lowest BCUT2D eigenvalue weighted by atomic mass is 10.0. The van der Waals surface area contributed by atoms with Gasteiger partial charge in [0.05, 0.1) is 0 Å². The van der Waals surface area contributed by atoms with Crippen LogP contribution in [0, 0.1) is 0 Å². The Bertz CT molecular complexity index is 593. The van der Waals surface area contributed by atoms with Gasteiger partial charge in [0, 0.05) is 37.1 Å². The smallest absolute Gasteiger partial charge is 0.242 e. The number of benzene rings is 1. The molecule has 2 N–H and O–H groups in total. The molecule has 2 aliphatic heterocycles. The van der Waals surface area contributed by atoms with Crippen molar-refractivity contribution in [3.8, 4) is 0 Å². The van der Waals surface area contributed by atoms with Crippen LogP contribution in [0.4, 0.5) is 0 Å². The zero-order valence-corrected chi connectivity index (χ0v) is 13.8. The minimum absolute atomic E-state index is 0.0228. The largest absolute Gasteiger partial charge is 0.350 e. The van der Waals surface area contributed by atoms with Crippen LogP contribution in [-0.2, 0) is 16.1 Å². The molecule has 2 saturated heterocycles. The third-order valence-corrected chi connectivity index (χ3v) is 4.70. The zero-order chi connectivity index (χ0) is 16.2. The Morgan fingerprint density at radius 2 is 2.26 bits per heavy atom. The Hall–Kier alpha value is -1.59. The Labute approximate surface area is 141 Å². The van der Waals surface area contributed by atoms with Gasteiger partial charge in [-0.15, -0.1) is 0 Å². The van der Waals surface area contributed by atoms with Gasteiger partial charge in [-0.1, -0.05) is 23.7 Å². The molecule has 5 nitrogen and oxygen atoms in total. The Kier molecular flexibility index (Phi) is 5.18. The number of likely N-dealkylation sites (tertiary alicyclic amines) is 1. The first-order valence-electron chi connectivity index (χ1n) is 8.17. The number of carbonyl (C=O) groups is 2. The fraction of sp³-hybridized carbons (Fsp3) is 0.529. The van der Waals surface area contributed by atoms with E-state index in [1.54, 1.807) is 0 Å². The highest BCUT2D eigenvalue weighted by Gasteiger charge is 2.29. The molecule has 2 fully saturated rings. The average Bonchev–Trinajstić information content (AvgIpc) is 2.94. The second kappa shape index (κ2) is 7.32. The minimum Gasteiger partial charge on any atom is -0.350 e. The topological polar surface area (TPSA) is 61.4 Å². The monoisotopic (exact) mass is 335 g/mol. The van der Waals surface area contributed by atoms with Crippen molar-refractivity contribution in [2.45, 2.75) is 44.3 Å². The fourth-order valence-corrected chi connectivity index (χ4v) is 3.50. The molecule has 0 aromatic heterocycles. The van der Waals surface area contributed by atoms with E-state index >= 15 is 0 Å². The second-order valence-electron chi connectivity index (χ2n) is 6.37. The Morgan fingerprint density at radius 1 is 1.39 bits per heavy atom. The van der Waals surface area contributed by atoms with Crippen molar-refractivity contribution in [2.24, 2.45) is 0 Å². The van der Waals surface area contributed by atoms with Crippen molar-refractivity contribution in [1.29, 1.82) is 0 Å². The maximum absolute atomic E-state index is 12.2. The highest BCUT2D eigenvalue weighted by atomic mass is 35.5. The van der Waals surface area contributed by atoms with E-state index in [0.717, 1.165) is 43.9 Å². The molecule has 2 aliphatic rings. The number of rotatable bonds is 4. The molecule has 0 radical (unpaired) electrons. The third kappa shape index (κ3) is 4.45. The standard InChI is InChI=1S/C17H22ClN3O2/c18-13-4-1-3-12(9-13)10-21-8-7-14(11-21)19-17(23)15-5-2-6-16(22)20-15/h1,3-4,9,14-15H,2,5-8,10-11H2,(H,19,23)(H,20,22)/t14-,15-/m1/s1. The molecule has 0 unspecified atom stereocenters. The lowest BCUT2D eigenvalue weighted by molar-refractivity contribution is -0.131. The molecule has 0 saturated carbocycles. The first-order chi connectivity index (χ1) is 11.1. The summed E-state index contributed by atoms with van der Waals surface area (Å²) < 4.78 is 0. The molecule has 0 spiro atoms. The number of halogens is 1. The molecule has 0 bridgehead atoms. The highest BCUT2D eigenvalue weighted by molar-refractivity contribution is 6.30. The second-order valence-corrected chi connectivity index (χ2v) is 6.81. The molecule has 1 aromatic rings. The zero-order valence-electron chi connectivity index (χ0n) is 13.1. The van der Waals surface area contributed by atoms with Gasteiger partial charge in [-0.05, 0) is 37.0 Å².